The van der Waals surface area contributed by atoms with E-state index in [4.69, 9.17) is 15.2 Å². The summed E-state index contributed by atoms with van der Waals surface area (Å²) in [5.74, 6) is 1.96. The molecule has 1 fully saturated rings. The Morgan fingerprint density at radius 3 is 2.72 bits per heavy atom. The minimum Gasteiger partial charge on any atom is -0.497 e. The lowest BCUT2D eigenvalue weighted by Gasteiger charge is -2.30. The number of methoxy groups -OCH3 is 1. The van der Waals surface area contributed by atoms with Gasteiger partial charge in [-0.25, -0.2) is 4.68 Å². The summed E-state index contributed by atoms with van der Waals surface area (Å²) in [6.45, 7) is 4.26. The van der Waals surface area contributed by atoms with E-state index < -0.39 is 0 Å². The summed E-state index contributed by atoms with van der Waals surface area (Å²) >= 11 is 0. The summed E-state index contributed by atoms with van der Waals surface area (Å²) in [5.41, 5.74) is 8.14. The number of fused-ring (bicyclic) bond motifs is 1. The molecule has 0 saturated carbocycles. The molecule has 0 aliphatic carbocycles. The fourth-order valence-electron chi connectivity index (χ4n) is 3.56. The summed E-state index contributed by atoms with van der Waals surface area (Å²) in [6, 6.07) is 8.49. The monoisotopic (exact) mass is 343 g/mol. The average Bonchev–Trinajstić information content (AvgIpc) is 3.06. The van der Waals surface area contributed by atoms with E-state index in [1.165, 1.54) is 5.56 Å². The van der Waals surface area contributed by atoms with Gasteiger partial charge in [-0.15, -0.1) is 5.10 Å². The molecule has 1 aromatic carbocycles. The van der Waals surface area contributed by atoms with E-state index in [0.717, 1.165) is 56.3 Å². The first-order valence-corrected chi connectivity index (χ1v) is 8.90. The van der Waals surface area contributed by atoms with E-state index in [-0.39, 0.29) is 5.92 Å². The maximum absolute atomic E-state index is 6.04. The van der Waals surface area contributed by atoms with Gasteiger partial charge in [0.1, 0.15) is 11.4 Å². The third-order valence-corrected chi connectivity index (χ3v) is 5.16. The molecule has 1 saturated heterocycles. The fraction of sp³-hybridized carbons (Fsp3) is 0.556. The zero-order chi connectivity index (χ0) is 17.2. The fourth-order valence-corrected chi connectivity index (χ4v) is 3.56. The van der Waals surface area contributed by atoms with Crippen molar-refractivity contribution in [2.24, 2.45) is 5.73 Å². The first-order valence-electron chi connectivity index (χ1n) is 8.90. The zero-order valence-electron chi connectivity index (χ0n) is 14.6. The molecule has 4 rings (SSSR count). The maximum atomic E-state index is 6.04. The topological polar surface area (TPSA) is 78.4 Å². The summed E-state index contributed by atoms with van der Waals surface area (Å²) in [6.07, 6.45) is 2.09. The molecule has 1 unspecified atom stereocenters. The van der Waals surface area contributed by atoms with Gasteiger partial charge in [-0.2, -0.15) is 0 Å². The Labute approximate surface area is 147 Å². The van der Waals surface area contributed by atoms with Gasteiger partial charge >= 0.3 is 0 Å². The largest absolute Gasteiger partial charge is 0.497 e. The Hall–Kier alpha value is -2.12. The Morgan fingerprint density at radius 2 is 2.00 bits per heavy atom. The molecule has 25 heavy (non-hydrogen) atoms. The lowest BCUT2D eigenvalue weighted by atomic mass is 9.99. The van der Waals surface area contributed by atoms with Gasteiger partial charge in [0.25, 0.3) is 0 Å². The minimum absolute atomic E-state index is 0.279. The van der Waals surface area contributed by atoms with Gasteiger partial charge < -0.3 is 15.2 Å². The molecule has 3 heterocycles. The third kappa shape index (κ3) is 3.48. The van der Waals surface area contributed by atoms with E-state index in [1.54, 1.807) is 7.11 Å². The number of rotatable bonds is 4. The van der Waals surface area contributed by atoms with Crippen molar-refractivity contribution >= 4 is 0 Å². The van der Waals surface area contributed by atoms with E-state index in [0.29, 0.717) is 12.6 Å². The van der Waals surface area contributed by atoms with Crippen LogP contribution in [0.1, 0.15) is 30.0 Å². The van der Waals surface area contributed by atoms with Gasteiger partial charge in [-0.3, -0.25) is 4.90 Å². The van der Waals surface area contributed by atoms with Gasteiger partial charge in [-0.1, -0.05) is 17.3 Å². The van der Waals surface area contributed by atoms with Crippen LogP contribution in [0.5, 0.6) is 11.6 Å². The quantitative estimate of drug-likeness (QED) is 0.904. The molecule has 0 radical (unpaired) electrons. The molecular formula is C18H25N5O2. The Morgan fingerprint density at radius 1 is 1.24 bits per heavy atom. The number of nitrogens with two attached hydrogens (primary N) is 1. The lowest BCUT2D eigenvalue weighted by molar-refractivity contribution is 0.184. The normalized spacial score (nSPS) is 21.6. The van der Waals surface area contributed by atoms with Gasteiger partial charge in [0.05, 0.1) is 20.3 Å². The second kappa shape index (κ2) is 7.01. The molecule has 0 bridgehead atoms. The molecule has 2 N–H and O–H groups in total. The summed E-state index contributed by atoms with van der Waals surface area (Å²) < 4.78 is 13.2. The van der Waals surface area contributed by atoms with E-state index in [9.17, 15) is 0 Å². The number of nitrogens with zero attached hydrogens (tertiary/aromatic N) is 4. The number of hydrogen-bond donors (Lipinski definition) is 1. The van der Waals surface area contributed by atoms with Crippen LogP contribution in [-0.2, 0) is 13.1 Å². The van der Waals surface area contributed by atoms with Crippen LogP contribution in [0.15, 0.2) is 24.3 Å². The highest BCUT2D eigenvalue weighted by Gasteiger charge is 2.27. The van der Waals surface area contributed by atoms with Crippen LogP contribution in [0.25, 0.3) is 0 Å². The second-order valence-electron chi connectivity index (χ2n) is 6.92. The molecule has 2 aliphatic heterocycles. The maximum Gasteiger partial charge on any atom is 0.237 e. The number of piperidine rings is 1. The Bertz CT molecular complexity index is 707. The van der Waals surface area contributed by atoms with Crippen molar-refractivity contribution in [1.82, 2.24) is 19.9 Å². The minimum atomic E-state index is 0.279. The van der Waals surface area contributed by atoms with Gasteiger partial charge in [-0.05, 0) is 30.5 Å². The van der Waals surface area contributed by atoms with E-state index in [2.05, 4.69) is 27.3 Å². The van der Waals surface area contributed by atoms with Crippen LogP contribution in [-0.4, -0.2) is 52.7 Å². The lowest BCUT2D eigenvalue weighted by Crippen LogP contribution is -2.39. The second-order valence-corrected chi connectivity index (χ2v) is 6.92. The molecule has 0 amide bonds. The van der Waals surface area contributed by atoms with Gasteiger partial charge in [0.15, 0.2) is 0 Å². The molecule has 0 spiro atoms. The molecule has 2 aromatic rings. The van der Waals surface area contributed by atoms with Crippen LogP contribution < -0.4 is 15.2 Å². The SMILES string of the molecule is COc1ccc(C2COc3c(CN4CCC(N)CC4)nnn3C2)cc1. The van der Waals surface area contributed by atoms with Crippen LogP contribution in [0.4, 0.5) is 0 Å². The molecule has 1 aromatic heterocycles. The van der Waals surface area contributed by atoms with Crippen LogP contribution in [0.2, 0.25) is 0 Å². The number of hydrogen-bond acceptors (Lipinski definition) is 6. The summed E-state index contributed by atoms with van der Waals surface area (Å²) in [7, 11) is 1.68. The summed E-state index contributed by atoms with van der Waals surface area (Å²) in [4.78, 5) is 2.38. The highest BCUT2D eigenvalue weighted by atomic mass is 16.5. The Balaban J connectivity index is 1.43. The number of benzene rings is 1. The third-order valence-electron chi connectivity index (χ3n) is 5.16. The van der Waals surface area contributed by atoms with Crippen molar-refractivity contribution in [2.45, 2.75) is 37.9 Å². The van der Waals surface area contributed by atoms with Crippen LogP contribution in [0, 0.1) is 0 Å². The molecule has 1 atom stereocenters. The van der Waals surface area contributed by atoms with Crippen LogP contribution >= 0.6 is 0 Å². The highest BCUT2D eigenvalue weighted by Crippen LogP contribution is 2.30. The number of likely N-dealkylation sites (tertiary alicyclic amines) is 1. The standard InChI is InChI=1S/C18H25N5O2/c1-24-16-4-2-13(3-5-16)14-10-23-18(25-12-14)17(20-21-23)11-22-8-6-15(19)7-9-22/h2-5,14-15H,6-12,19H2,1H3. The molecule has 134 valence electrons. The predicted molar refractivity (Wildman–Crippen MR) is 93.7 cm³/mol. The van der Waals surface area contributed by atoms with Crippen molar-refractivity contribution in [3.63, 3.8) is 0 Å². The van der Waals surface area contributed by atoms with E-state index in [1.807, 2.05) is 16.8 Å². The first kappa shape index (κ1) is 16.4. The molecule has 2 aliphatic rings. The zero-order valence-corrected chi connectivity index (χ0v) is 14.6. The van der Waals surface area contributed by atoms with Crippen molar-refractivity contribution in [3.8, 4) is 11.6 Å². The first-order chi connectivity index (χ1) is 12.2. The summed E-state index contributed by atoms with van der Waals surface area (Å²) in [5, 5.41) is 8.67. The smallest absolute Gasteiger partial charge is 0.237 e. The average molecular weight is 343 g/mol. The molecular weight excluding hydrogens is 318 g/mol. The van der Waals surface area contributed by atoms with Gasteiger partial charge in [0.2, 0.25) is 5.88 Å². The Kier molecular flexibility index (Phi) is 4.59. The van der Waals surface area contributed by atoms with Gasteiger partial charge in [0, 0.05) is 31.6 Å². The van der Waals surface area contributed by atoms with E-state index >= 15 is 0 Å². The number of ether oxygens (including phenoxy) is 2. The van der Waals surface area contributed by atoms with Crippen molar-refractivity contribution in [2.75, 3.05) is 26.8 Å². The van der Waals surface area contributed by atoms with Crippen LogP contribution in [0.3, 0.4) is 0 Å². The molecule has 7 nitrogen and oxygen atoms in total. The van der Waals surface area contributed by atoms with Crippen molar-refractivity contribution < 1.29 is 9.47 Å². The molecule has 7 heteroatoms. The predicted octanol–water partition coefficient (Wildman–Crippen LogP) is 1.39. The van der Waals surface area contributed by atoms with Crippen molar-refractivity contribution in [1.29, 1.82) is 0 Å². The number of aromatic nitrogens is 3. The highest BCUT2D eigenvalue weighted by molar-refractivity contribution is 5.30. The van der Waals surface area contributed by atoms with Crippen molar-refractivity contribution in [3.05, 3.63) is 35.5 Å².